The van der Waals surface area contributed by atoms with Crippen molar-refractivity contribution in [2.24, 2.45) is 11.8 Å². The molecule has 0 spiro atoms. The fourth-order valence-corrected chi connectivity index (χ4v) is 4.52. The maximum absolute atomic E-state index is 11.2. The van der Waals surface area contributed by atoms with Gasteiger partial charge in [-0.15, -0.1) is 6.58 Å². The summed E-state index contributed by atoms with van der Waals surface area (Å²) in [6.45, 7) is 5.88. The number of nitrogens with zero attached hydrogens (tertiary/aromatic N) is 2. The number of benzene rings is 1. The molecule has 2 aromatic rings. The summed E-state index contributed by atoms with van der Waals surface area (Å²) in [4.78, 5) is 6.61. The molecule has 1 aromatic heterocycles. The summed E-state index contributed by atoms with van der Waals surface area (Å²) in [6.07, 6.45) is 4.79. The van der Waals surface area contributed by atoms with E-state index < -0.39 is 6.10 Å². The highest BCUT2D eigenvalue weighted by atomic mass is 16.5. The van der Waals surface area contributed by atoms with Crippen molar-refractivity contribution < 1.29 is 14.9 Å². The predicted octanol–water partition coefficient (Wildman–Crippen LogP) is 2.88. The summed E-state index contributed by atoms with van der Waals surface area (Å²) in [5.41, 5.74) is 1.30. The van der Waals surface area contributed by atoms with Crippen LogP contribution >= 0.6 is 0 Å². The molecule has 5 nitrogen and oxygen atoms in total. The number of piperidine rings is 3. The molecule has 25 heavy (non-hydrogen) atoms. The summed E-state index contributed by atoms with van der Waals surface area (Å²) < 4.78 is 5.31. The number of rotatable bonds is 4. The lowest BCUT2D eigenvalue weighted by Crippen LogP contribution is -2.54. The van der Waals surface area contributed by atoms with Crippen molar-refractivity contribution in [3.8, 4) is 11.5 Å². The quantitative estimate of drug-likeness (QED) is 0.838. The molecule has 3 aliphatic rings. The van der Waals surface area contributed by atoms with Crippen LogP contribution in [0.2, 0.25) is 0 Å². The van der Waals surface area contributed by atoms with Crippen LogP contribution < -0.4 is 4.74 Å². The maximum Gasteiger partial charge on any atom is 0.140 e. The average molecular weight is 340 g/mol. The average Bonchev–Trinajstić information content (AvgIpc) is 2.67. The van der Waals surface area contributed by atoms with Crippen LogP contribution in [0, 0.1) is 11.8 Å². The minimum atomic E-state index is -0.758. The van der Waals surface area contributed by atoms with E-state index in [9.17, 15) is 10.2 Å². The lowest BCUT2D eigenvalue weighted by atomic mass is 9.73. The fraction of sp³-hybridized carbons (Fsp3) is 0.450. The molecule has 5 rings (SSSR count). The number of aromatic nitrogens is 1. The molecule has 132 valence electrons. The van der Waals surface area contributed by atoms with Crippen molar-refractivity contribution >= 4 is 10.9 Å². The van der Waals surface area contributed by atoms with Gasteiger partial charge in [-0.25, -0.2) is 0 Å². The minimum absolute atomic E-state index is 0.0117. The van der Waals surface area contributed by atoms with Crippen LogP contribution in [0.25, 0.3) is 10.9 Å². The smallest absolute Gasteiger partial charge is 0.140 e. The molecule has 0 amide bonds. The molecule has 3 fully saturated rings. The van der Waals surface area contributed by atoms with E-state index in [0.717, 1.165) is 36.8 Å². The van der Waals surface area contributed by atoms with E-state index in [1.54, 1.807) is 7.11 Å². The van der Waals surface area contributed by atoms with Crippen LogP contribution in [0.5, 0.6) is 11.5 Å². The zero-order chi connectivity index (χ0) is 17.6. The largest absolute Gasteiger partial charge is 0.506 e. The van der Waals surface area contributed by atoms with Crippen molar-refractivity contribution in [3.63, 3.8) is 0 Å². The lowest BCUT2D eigenvalue weighted by Gasteiger charge is -2.50. The Morgan fingerprint density at radius 1 is 1.44 bits per heavy atom. The van der Waals surface area contributed by atoms with Crippen LogP contribution in [0.15, 0.2) is 37.1 Å². The maximum atomic E-state index is 11.2. The molecule has 0 radical (unpaired) electrons. The van der Waals surface area contributed by atoms with Gasteiger partial charge in [-0.05, 0) is 49.4 Å². The van der Waals surface area contributed by atoms with E-state index >= 15 is 0 Å². The molecular formula is C20H24N2O3. The van der Waals surface area contributed by atoms with E-state index in [1.807, 2.05) is 24.3 Å². The van der Waals surface area contributed by atoms with Gasteiger partial charge in [0.2, 0.25) is 0 Å². The van der Waals surface area contributed by atoms with Crippen molar-refractivity contribution in [2.45, 2.75) is 25.0 Å². The molecule has 3 saturated heterocycles. The van der Waals surface area contributed by atoms with Crippen molar-refractivity contribution in [1.82, 2.24) is 9.88 Å². The number of hydrogen-bond acceptors (Lipinski definition) is 5. The predicted molar refractivity (Wildman–Crippen MR) is 96.7 cm³/mol. The third-order valence-electron chi connectivity index (χ3n) is 5.91. The number of aliphatic hydroxyl groups is 1. The van der Waals surface area contributed by atoms with Crippen molar-refractivity contribution in [3.05, 3.63) is 42.6 Å². The number of methoxy groups -OCH3 is 1. The molecule has 4 heterocycles. The number of pyridine rings is 1. The Morgan fingerprint density at radius 2 is 2.28 bits per heavy atom. The van der Waals surface area contributed by atoms with Gasteiger partial charge in [0, 0.05) is 23.5 Å². The summed E-state index contributed by atoms with van der Waals surface area (Å²) in [7, 11) is 1.61. The molecule has 0 saturated carbocycles. The van der Waals surface area contributed by atoms with Gasteiger partial charge >= 0.3 is 0 Å². The zero-order valence-corrected chi connectivity index (χ0v) is 14.4. The second-order valence-electron chi connectivity index (χ2n) is 7.13. The molecule has 2 bridgehead atoms. The van der Waals surface area contributed by atoms with Gasteiger partial charge in [-0.1, -0.05) is 6.08 Å². The molecule has 1 unspecified atom stereocenters. The Morgan fingerprint density at radius 3 is 2.96 bits per heavy atom. The molecule has 5 atom stereocenters. The Kier molecular flexibility index (Phi) is 4.13. The highest BCUT2D eigenvalue weighted by molar-refractivity contribution is 5.85. The van der Waals surface area contributed by atoms with Gasteiger partial charge in [0.1, 0.15) is 11.5 Å². The van der Waals surface area contributed by atoms with E-state index in [0.29, 0.717) is 23.1 Å². The van der Waals surface area contributed by atoms with Gasteiger partial charge in [0.15, 0.2) is 0 Å². The SMILES string of the molecule is C=C[C@H]1CN2CC[C@@H]1C[C@H]2[C@H](O)c1c(O)cnc2ccc(OC)cc12. The first-order chi connectivity index (χ1) is 12.1. The van der Waals surface area contributed by atoms with Crippen molar-refractivity contribution in [1.29, 1.82) is 0 Å². The van der Waals surface area contributed by atoms with Gasteiger partial charge in [-0.2, -0.15) is 0 Å². The molecule has 1 aromatic carbocycles. The molecule has 3 aliphatic heterocycles. The number of aromatic hydroxyl groups is 1. The van der Waals surface area contributed by atoms with Gasteiger partial charge in [0.05, 0.1) is 24.9 Å². The number of aliphatic hydroxyl groups excluding tert-OH is 1. The van der Waals surface area contributed by atoms with E-state index in [1.165, 1.54) is 6.20 Å². The van der Waals surface area contributed by atoms with E-state index in [4.69, 9.17) is 4.74 Å². The molecular weight excluding hydrogens is 316 g/mol. The van der Waals surface area contributed by atoms with Crippen LogP contribution in [-0.2, 0) is 0 Å². The van der Waals surface area contributed by atoms with Crippen molar-refractivity contribution in [2.75, 3.05) is 20.2 Å². The first-order valence-corrected chi connectivity index (χ1v) is 8.82. The van der Waals surface area contributed by atoms with Gasteiger partial charge < -0.3 is 14.9 Å². The normalized spacial score (nSPS) is 29.5. The highest BCUT2D eigenvalue weighted by Gasteiger charge is 2.42. The molecule has 0 aliphatic carbocycles. The van der Waals surface area contributed by atoms with E-state index in [2.05, 4.69) is 16.5 Å². The standard InChI is InChI=1S/C20H24N2O3/c1-3-12-11-22-7-6-13(12)8-17(22)20(24)19-15-9-14(25-2)4-5-16(15)21-10-18(19)23/h3-5,9-10,12-13,17,20,23-24H,1,6-8,11H2,2H3/t12-,13+,17-,20-/m0/s1. The van der Waals surface area contributed by atoms with Crippen LogP contribution in [0.1, 0.15) is 24.5 Å². The minimum Gasteiger partial charge on any atom is -0.506 e. The highest BCUT2D eigenvalue weighted by Crippen LogP contribution is 2.44. The third-order valence-corrected chi connectivity index (χ3v) is 5.91. The second kappa shape index (κ2) is 6.32. The third kappa shape index (κ3) is 2.68. The van der Waals surface area contributed by atoms with Crippen LogP contribution in [0.3, 0.4) is 0 Å². The van der Waals surface area contributed by atoms with Gasteiger partial charge in [-0.3, -0.25) is 9.88 Å². The number of ether oxygens (including phenoxy) is 1. The van der Waals surface area contributed by atoms with E-state index in [-0.39, 0.29) is 11.8 Å². The van der Waals surface area contributed by atoms with Gasteiger partial charge in [0.25, 0.3) is 0 Å². The number of hydrogen-bond donors (Lipinski definition) is 2. The zero-order valence-electron chi connectivity index (χ0n) is 14.4. The summed E-state index contributed by atoms with van der Waals surface area (Å²) >= 11 is 0. The number of fused-ring (bicyclic) bond motifs is 4. The summed E-state index contributed by atoms with van der Waals surface area (Å²) in [6, 6.07) is 5.54. The summed E-state index contributed by atoms with van der Waals surface area (Å²) in [5, 5.41) is 22.4. The topological polar surface area (TPSA) is 65.8 Å². The molecule has 2 N–H and O–H groups in total. The second-order valence-corrected chi connectivity index (χ2v) is 7.13. The van der Waals surface area contributed by atoms with Crippen LogP contribution in [-0.4, -0.2) is 46.3 Å². The Hall–Kier alpha value is -2.11. The Balaban J connectivity index is 1.74. The fourth-order valence-electron chi connectivity index (χ4n) is 4.52. The lowest BCUT2D eigenvalue weighted by molar-refractivity contribution is -0.0450. The monoisotopic (exact) mass is 340 g/mol. The Bertz CT molecular complexity index is 807. The van der Waals surface area contributed by atoms with Crippen LogP contribution in [0.4, 0.5) is 0 Å². The summed E-state index contributed by atoms with van der Waals surface area (Å²) in [5.74, 6) is 1.79. The first-order valence-electron chi connectivity index (χ1n) is 8.82. The Labute approximate surface area is 147 Å². The molecule has 5 heteroatoms. The first kappa shape index (κ1) is 16.4.